The summed E-state index contributed by atoms with van der Waals surface area (Å²) < 4.78 is 7.82. The Morgan fingerprint density at radius 1 is 0.977 bits per heavy atom. The predicted molar refractivity (Wildman–Crippen MR) is 159 cm³/mol. The summed E-state index contributed by atoms with van der Waals surface area (Å²) in [7, 11) is 0. The lowest BCUT2D eigenvalue weighted by Gasteiger charge is -2.26. The lowest BCUT2D eigenvalue weighted by molar-refractivity contribution is -0.120. The molecule has 1 aliphatic rings. The second-order valence-corrected chi connectivity index (χ2v) is 10.5. The number of fused-ring (bicyclic) bond motifs is 4. The first-order chi connectivity index (χ1) is 21.0. The summed E-state index contributed by atoms with van der Waals surface area (Å²) in [4.78, 5) is 49.3. The third-order valence-electron chi connectivity index (χ3n) is 7.17. The fourth-order valence-electron chi connectivity index (χ4n) is 5.02. The molecule has 2 bridgehead atoms. The topological polar surface area (TPSA) is 156 Å². The highest BCUT2D eigenvalue weighted by Gasteiger charge is 2.27. The van der Waals surface area contributed by atoms with Crippen LogP contribution >= 0.6 is 0 Å². The SMILES string of the molecule is CC(C)[C@@H]1NC(=O)CN(c2ncnc3nc[nH]c23)CCNC(=O)c2cccc(c2)OCCn2nc(-c3ccccc3)nc21. The first-order valence-electron chi connectivity index (χ1n) is 14.2. The van der Waals surface area contributed by atoms with Gasteiger partial charge in [-0.3, -0.25) is 9.59 Å². The number of H-pyrrole nitrogens is 1. The standard InChI is InChI=1S/C30H32N10O3/c1-19(2)24-29-37-26(20-7-4-3-5-8-20)38-40(29)13-14-43-22-10-6-9-21(15-22)30(42)31-11-12-39(16-23(41)36-24)28-25-27(33-17-32-25)34-18-35-28/h3-10,15,17-19,24H,11-14,16H2,1-2H3,(H,31,42)(H,36,41)(H,32,33,34,35)/t24-/m0/s1. The molecule has 220 valence electrons. The molecule has 6 rings (SSSR count). The van der Waals surface area contributed by atoms with Crippen molar-refractivity contribution in [2.24, 2.45) is 5.92 Å². The quantitative estimate of drug-likeness (QED) is 0.292. The molecule has 13 nitrogen and oxygen atoms in total. The van der Waals surface area contributed by atoms with Gasteiger partial charge < -0.3 is 25.3 Å². The Labute approximate surface area is 247 Å². The van der Waals surface area contributed by atoms with Crippen molar-refractivity contribution in [3.8, 4) is 17.1 Å². The zero-order chi connectivity index (χ0) is 29.8. The van der Waals surface area contributed by atoms with Gasteiger partial charge in [-0.1, -0.05) is 50.2 Å². The number of nitrogens with zero attached hydrogens (tertiary/aromatic N) is 7. The molecule has 0 saturated heterocycles. The number of hydrogen-bond acceptors (Lipinski definition) is 9. The third kappa shape index (κ3) is 6.15. The molecule has 0 aliphatic carbocycles. The molecule has 2 amide bonds. The van der Waals surface area contributed by atoms with E-state index >= 15 is 0 Å². The Kier molecular flexibility index (Phi) is 7.94. The van der Waals surface area contributed by atoms with Crippen LogP contribution in [0.4, 0.5) is 5.82 Å². The van der Waals surface area contributed by atoms with E-state index in [1.807, 2.05) is 50.2 Å². The van der Waals surface area contributed by atoms with Gasteiger partial charge in [-0.15, -0.1) is 0 Å². The average molecular weight is 581 g/mol. The maximum atomic E-state index is 13.7. The lowest BCUT2D eigenvalue weighted by atomic mass is 10.0. The Morgan fingerprint density at radius 2 is 1.81 bits per heavy atom. The minimum Gasteiger partial charge on any atom is -0.492 e. The van der Waals surface area contributed by atoms with Crippen molar-refractivity contribution in [1.29, 1.82) is 0 Å². The molecule has 3 aromatic heterocycles. The van der Waals surface area contributed by atoms with Crippen LogP contribution in [0.3, 0.4) is 0 Å². The van der Waals surface area contributed by atoms with E-state index in [1.165, 1.54) is 12.7 Å². The van der Waals surface area contributed by atoms with E-state index in [9.17, 15) is 9.59 Å². The highest BCUT2D eigenvalue weighted by molar-refractivity contribution is 5.94. The number of aromatic amines is 1. The van der Waals surface area contributed by atoms with E-state index in [0.29, 0.717) is 53.0 Å². The molecule has 3 N–H and O–H groups in total. The second kappa shape index (κ2) is 12.3. The predicted octanol–water partition coefficient (Wildman–Crippen LogP) is 2.75. The van der Waals surface area contributed by atoms with Gasteiger partial charge in [0.2, 0.25) is 5.91 Å². The molecule has 1 aliphatic heterocycles. The molecular weight excluding hydrogens is 548 g/mol. The van der Waals surface area contributed by atoms with Crippen molar-refractivity contribution >= 4 is 28.8 Å². The minimum atomic E-state index is -0.435. The third-order valence-corrected chi connectivity index (χ3v) is 7.17. The smallest absolute Gasteiger partial charge is 0.251 e. The summed E-state index contributed by atoms with van der Waals surface area (Å²) in [5, 5.41) is 10.9. The summed E-state index contributed by atoms with van der Waals surface area (Å²) >= 11 is 0. The highest BCUT2D eigenvalue weighted by atomic mass is 16.5. The van der Waals surface area contributed by atoms with Gasteiger partial charge in [0.05, 0.1) is 25.5 Å². The van der Waals surface area contributed by atoms with E-state index in [0.717, 1.165) is 5.56 Å². The normalized spacial score (nSPS) is 16.7. The first-order valence-corrected chi connectivity index (χ1v) is 14.2. The number of carbonyl (C=O) groups excluding carboxylic acids is 2. The Morgan fingerprint density at radius 3 is 2.65 bits per heavy atom. The number of imidazole rings is 1. The number of carbonyl (C=O) groups is 2. The average Bonchev–Trinajstić information content (AvgIpc) is 3.67. The van der Waals surface area contributed by atoms with Crippen molar-refractivity contribution in [2.75, 3.05) is 31.1 Å². The molecule has 0 radical (unpaired) electrons. The number of nitrogens with one attached hydrogen (secondary N) is 3. The molecule has 5 aromatic rings. The van der Waals surface area contributed by atoms with Crippen LogP contribution in [-0.4, -0.2) is 72.8 Å². The largest absolute Gasteiger partial charge is 0.492 e. The van der Waals surface area contributed by atoms with Crippen LogP contribution in [-0.2, 0) is 11.3 Å². The van der Waals surface area contributed by atoms with Crippen LogP contribution < -0.4 is 20.3 Å². The van der Waals surface area contributed by atoms with Crippen molar-refractivity contribution in [3.05, 3.63) is 78.6 Å². The van der Waals surface area contributed by atoms with Crippen molar-refractivity contribution in [2.45, 2.75) is 26.4 Å². The molecule has 43 heavy (non-hydrogen) atoms. The van der Waals surface area contributed by atoms with Gasteiger partial charge in [0.1, 0.15) is 24.2 Å². The summed E-state index contributed by atoms with van der Waals surface area (Å²) in [6.07, 6.45) is 2.94. The van der Waals surface area contributed by atoms with Gasteiger partial charge in [0.15, 0.2) is 23.1 Å². The van der Waals surface area contributed by atoms with Gasteiger partial charge in [-0.05, 0) is 24.1 Å². The molecule has 4 heterocycles. The second-order valence-electron chi connectivity index (χ2n) is 10.5. The number of amides is 2. The minimum absolute atomic E-state index is 0.00121. The van der Waals surface area contributed by atoms with Crippen molar-refractivity contribution < 1.29 is 14.3 Å². The number of hydrogen-bond donors (Lipinski definition) is 3. The van der Waals surface area contributed by atoms with Crippen LogP contribution in [0.5, 0.6) is 5.75 Å². The lowest BCUT2D eigenvalue weighted by Crippen LogP contribution is -2.44. The van der Waals surface area contributed by atoms with Gasteiger partial charge in [0, 0.05) is 24.2 Å². The zero-order valence-electron chi connectivity index (χ0n) is 23.9. The molecule has 0 unspecified atom stereocenters. The number of ether oxygens (including phenoxy) is 1. The molecular formula is C30H32N10O3. The van der Waals surface area contributed by atoms with Gasteiger partial charge in [-0.25, -0.2) is 24.6 Å². The maximum Gasteiger partial charge on any atom is 0.251 e. The Balaban J connectivity index is 1.38. The van der Waals surface area contributed by atoms with E-state index in [4.69, 9.17) is 14.8 Å². The molecule has 13 heteroatoms. The monoisotopic (exact) mass is 580 g/mol. The summed E-state index contributed by atoms with van der Waals surface area (Å²) in [6.45, 7) is 5.28. The zero-order valence-corrected chi connectivity index (χ0v) is 23.9. The fraction of sp³-hybridized carbons (Fsp3) is 0.300. The summed E-state index contributed by atoms with van der Waals surface area (Å²) in [5.74, 6) is 1.79. The van der Waals surface area contributed by atoms with Crippen LogP contribution in [0.15, 0.2) is 67.3 Å². The number of rotatable bonds is 3. The number of anilines is 1. The van der Waals surface area contributed by atoms with Gasteiger partial charge in [-0.2, -0.15) is 5.10 Å². The number of benzene rings is 2. The Bertz CT molecular complexity index is 1730. The van der Waals surface area contributed by atoms with E-state index < -0.39 is 6.04 Å². The van der Waals surface area contributed by atoms with Crippen LogP contribution in [0, 0.1) is 5.92 Å². The molecule has 1 atom stereocenters. The summed E-state index contributed by atoms with van der Waals surface area (Å²) in [5.41, 5.74) is 2.43. The van der Waals surface area contributed by atoms with E-state index in [2.05, 4.69) is 30.6 Å². The van der Waals surface area contributed by atoms with Crippen molar-refractivity contribution in [3.63, 3.8) is 0 Å². The van der Waals surface area contributed by atoms with Gasteiger partial charge in [0.25, 0.3) is 5.91 Å². The van der Waals surface area contributed by atoms with Crippen LogP contribution in [0.2, 0.25) is 0 Å². The Hall–Kier alpha value is -5.33. The molecule has 0 saturated carbocycles. The fourth-order valence-corrected chi connectivity index (χ4v) is 5.02. The maximum absolute atomic E-state index is 13.7. The van der Waals surface area contributed by atoms with Crippen LogP contribution in [0.1, 0.15) is 36.1 Å². The first kappa shape index (κ1) is 27.8. The van der Waals surface area contributed by atoms with Crippen molar-refractivity contribution in [1.82, 2.24) is 45.3 Å². The summed E-state index contributed by atoms with van der Waals surface area (Å²) in [6, 6.07) is 16.3. The molecule has 0 fully saturated rings. The molecule has 2 aromatic carbocycles. The highest BCUT2D eigenvalue weighted by Crippen LogP contribution is 2.25. The van der Waals surface area contributed by atoms with Gasteiger partial charge >= 0.3 is 0 Å². The van der Waals surface area contributed by atoms with E-state index in [-0.39, 0.29) is 37.4 Å². The number of aromatic nitrogens is 7. The molecule has 0 spiro atoms. The van der Waals surface area contributed by atoms with E-state index in [1.54, 1.807) is 27.8 Å². The van der Waals surface area contributed by atoms with Crippen LogP contribution in [0.25, 0.3) is 22.6 Å².